The Bertz CT molecular complexity index is 1430. The molecule has 3 aromatic carbocycles. The fraction of sp³-hybridized carbons (Fsp3) is 0.160. The summed E-state index contributed by atoms with van der Waals surface area (Å²) in [6.45, 7) is 4.66. The number of nitrogens with zero attached hydrogens (tertiary/aromatic N) is 4. The minimum Gasteiger partial charge on any atom is -0.312 e. The summed E-state index contributed by atoms with van der Waals surface area (Å²) in [6.07, 6.45) is 0. The quantitative estimate of drug-likeness (QED) is 0.275. The molecule has 5 rings (SSSR count). The monoisotopic (exact) mass is 426 g/mol. The van der Waals surface area contributed by atoms with E-state index in [2.05, 4.69) is 4.40 Å². The third-order valence-electron chi connectivity index (χ3n) is 5.37. The maximum atomic E-state index is 13.1. The van der Waals surface area contributed by atoms with E-state index in [0.29, 0.717) is 12.3 Å². The van der Waals surface area contributed by atoms with Crippen LogP contribution in [0.2, 0.25) is 0 Å². The highest BCUT2D eigenvalue weighted by atomic mass is 32.2. The van der Waals surface area contributed by atoms with Gasteiger partial charge in [0, 0.05) is 17.6 Å². The number of anilines is 1. The number of aryl methyl sites for hydroxylation is 1. The molecule has 0 radical (unpaired) electrons. The average Bonchev–Trinajstić information content (AvgIpc) is 3.18. The van der Waals surface area contributed by atoms with Crippen LogP contribution in [-0.4, -0.2) is 32.6 Å². The van der Waals surface area contributed by atoms with Gasteiger partial charge in [-0.2, -0.15) is 0 Å². The minimum absolute atomic E-state index is 0.0608. The lowest BCUT2D eigenvalue weighted by Crippen LogP contribution is -2.32. The Morgan fingerprint density at radius 1 is 0.968 bits per heavy atom. The second-order valence-corrected chi connectivity index (χ2v) is 8.38. The van der Waals surface area contributed by atoms with Crippen LogP contribution >= 0.6 is 11.8 Å². The topological polar surface area (TPSA) is 50.5 Å². The number of fused-ring (bicyclic) bond motifs is 5. The maximum Gasteiger partial charge on any atom is 0.237 e. The van der Waals surface area contributed by atoms with Crippen molar-refractivity contribution in [3.63, 3.8) is 0 Å². The average molecular weight is 427 g/mol. The van der Waals surface area contributed by atoms with Crippen LogP contribution in [0.4, 0.5) is 5.69 Å². The van der Waals surface area contributed by atoms with Crippen LogP contribution in [0.1, 0.15) is 12.5 Å². The van der Waals surface area contributed by atoms with Crippen molar-refractivity contribution in [2.75, 3.05) is 17.2 Å². The van der Waals surface area contributed by atoms with E-state index in [1.54, 1.807) is 0 Å². The molecule has 0 N–H and O–H groups in total. The molecule has 0 aliphatic carbocycles. The number of carbonyl (C=O) groups excluding carboxylic acids is 1. The Kier molecular flexibility index (Phi) is 5.08. The van der Waals surface area contributed by atoms with Gasteiger partial charge < -0.3 is 4.90 Å². The summed E-state index contributed by atoms with van der Waals surface area (Å²) >= 11 is 1.46. The third kappa shape index (κ3) is 3.53. The van der Waals surface area contributed by atoms with Crippen molar-refractivity contribution in [2.24, 2.45) is 0 Å². The fourth-order valence-electron chi connectivity index (χ4n) is 3.91. The number of rotatable bonds is 5. The summed E-state index contributed by atoms with van der Waals surface area (Å²) in [5, 5.41) is 1.78. The SMILES string of the molecule is CCN(C(=O)CSc1nc2ccccc2c2nc3ccccc3n12)c1cccc(C)c1. The lowest BCUT2D eigenvalue weighted by atomic mass is 10.2. The molecule has 0 aliphatic heterocycles. The molecule has 2 aromatic heterocycles. The Labute approximate surface area is 184 Å². The second kappa shape index (κ2) is 8.04. The number of thioether (sulfide) groups is 1. The highest BCUT2D eigenvalue weighted by Gasteiger charge is 2.18. The minimum atomic E-state index is 0.0608. The Balaban J connectivity index is 1.54. The van der Waals surface area contributed by atoms with Gasteiger partial charge in [0.2, 0.25) is 5.91 Å². The van der Waals surface area contributed by atoms with Gasteiger partial charge >= 0.3 is 0 Å². The first-order valence-electron chi connectivity index (χ1n) is 10.3. The molecule has 0 saturated heterocycles. The summed E-state index contributed by atoms with van der Waals surface area (Å²) in [5.74, 6) is 0.361. The second-order valence-electron chi connectivity index (χ2n) is 7.44. The van der Waals surface area contributed by atoms with Gasteiger partial charge in [-0.3, -0.25) is 9.20 Å². The maximum absolute atomic E-state index is 13.1. The molecule has 0 spiro atoms. The van der Waals surface area contributed by atoms with Crippen molar-refractivity contribution in [1.29, 1.82) is 0 Å². The smallest absolute Gasteiger partial charge is 0.237 e. The molecule has 154 valence electrons. The number of carbonyl (C=O) groups is 1. The molecule has 0 unspecified atom stereocenters. The molecule has 0 aliphatic rings. The lowest BCUT2D eigenvalue weighted by molar-refractivity contribution is -0.116. The van der Waals surface area contributed by atoms with E-state index in [-0.39, 0.29) is 5.91 Å². The molecule has 2 heterocycles. The summed E-state index contributed by atoms with van der Waals surface area (Å²) in [4.78, 5) is 24.7. The molecule has 6 heteroatoms. The van der Waals surface area contributed by atoms with E-state index in [1.807, 2.05) is 91.5 Å². The van der Waals surface area contributed by atoms with E-state index >= 15 is 0 Å². The Hall–Kier alpha value is -3.38. The standard InChI is InChI=1S/C25H22N4OS/c1-3-28(18-10-8-9-17(2)15-18)23(30)16-31-25-27-20-12-5-4-11-19(20)24-26-21-13-6-7-14-22(21)29(24)25/h4-15H,3,16H2,1-2H3. The van der Waals surface area contributed by atoms with Crippen LogP contribution in [-0.2, 0) is 4.79 Å². The Morgan fingerprint density at radius 2 is 1.74 bits per heavy atom. The first-order chi connectivity index (χ1) is 15.2. The molecule has 5 aromatic rings. The summed E-state index contributed by atoms with van der Waals surface area (Å²) in [5.41, 5.74) is 5.73. The Morgan fingerprint density at radius 3 is 2.55 bits per heavy atom. The van der Waals surface area contributed by atoms with E-state index in [4.69, 9.17) is 9.97 Å². The zero-order valence-electron chi connectivity index (χ0n) is 17.4. The lowest BCUT2D eigenvalue weighted by Gasteiger charge is -2.21. The van der Waals surface area contributed by atoms with E-state index in [1.165, 1.54) is 11.8 Å². The van der Waals surface area contributed by atoms with Crippen LogP contribution < -0.4 is 4.90 Å². The van der Waals surface area contributed by atoms with Crippen molar-refractivity contribution in [1.82, 2.24) is 14.4 Å². The number of hydrogen-bond donors (Lipinski definition) is 0. The van der Waals surface area contributed by atoms with E-state index < -0.39 is 0 Å². The predicted molar refractivity (Wildman–Crippen MR) is 128 cm³/mol. The van der Waals surface area contributed by atoms with Gasteiger partial charge in [0.1, 0.15) is 5.65 Å². The van der Waals surface area contributed by atoms with Crippen molar-refractivity contribution in [3.8, 4) is 0 Å². The molecule has 0 fully saturated rings. The molecule has 5 nitrogen and oxygen atoms in total. The molecule has 0 saturated carbocycles. The van der Waals surface area contributed by atoms with E-state index in [9.17, 15) is 4.79 Å². The number of benzene rings is 3. The number of hydrogen-bond acceptors (Lipinski definition) is 4. The highest BCUT2D eigenvalue weighted by Crippen LogP contribution is 2.29. The van der Waals surface area contributed by atoms with Gasteiger partial charge in [-0.1, -0.05) is 48.2 Å². The number of para-hydroxylation sites is 3. The van der Waals surface area contributed by atoms with Gasteiger partial charge in [-0.15, -0.1) is 0 Å². The number of aromatic nitrogens is 3. The van der Waals surface area contributed by atoms with Gasteiger partial charge in [-0.05, 0) is 55.8 Å². The van der Waals surface area contributed by atoms with Gasteiger partial charge in [0.05, 0.1) is 22.3 Å². The van der Waals surface area contributed by atoms with Gasteiger partial charge in [-0.25, -0.2) is 9.97 Å². The summed E-state index contributed by atoms with van der Waals surface area (Å²) < 4.78 is 2.07. The molecular weight excluding hydrogens is 404 g/mol. The molecular formula is C25H22N4OS. The molecule has 0 bridgehead atoms. The zero-order chi connectivity index (χ0) is 21.4. The van der Waals surface area contributed by atoms with Crippen LogP contribution in [0, 0.1) is 6.92 Å². The van der Waals surface area contributed by atoms with Crippen molar-refractivity contribution >= 4 is 50.9 Å². The van der Waals surface area contributed by atoms with Crippen molar-refractivity contribution < 1.29 is 4.79 Å². The first kappa shape index (κ1) is 19.6. The third-order valence-corrected chi connectivity index (χ3v) is 6.29. The van der Waals surface area contributed by atoms with Crippen LogP contribution in [0.25, 0.3) is 27.6 Å². The van der Waals surface area contributed by atoms with Crippen LogP contribution in [0.15, 0.2) is 78.0 Å². The highest BCUT2D eigenvalue weighted by molar-refractivity contribution is 7.99. The summed E-state index contributed by atoms with van der Waals surface area (Å²) in [7, 11) is 0. The molecule has 31 heavy (non-hydrogen) atoms. The molecule has 0 atom stereocenters. The van der Waals surface area contributed by atoms with E-state index in [0.717, 1.165) is 44.0 Å². The van der Waals surface area contributed by atoms with Gasteiger partial charge in [0.25, 0.3) is 0 Å². The van der Waals surface area contributed by atoms with Gasteiger partial charge in [0.15, 0.2) is 5.16 Å². The van der Waals surface area contributed by atoms with Crippen LogP contribution in [0.3, 0.4) is 0 Å². The number of imidazole rings is 1. The largest absolute Gasteiger partial charge is 0.312 e. The summed E-state index contributed by atoms with van der Waals surface area (Å²) in [6, 6.07) is 24.1. The number of amides is 1. The zero-order valence-corrected chi connectivity index (χ0v) is 18.3. The van der Waals surface area contributed by atoms with Crippen molar-refractivity contribution in [2.45, 2.75) is 19.0 Å². The normalized spacial score (nSPS) is 11.4. The fourth-order valence-corrected chi connectivity index (χ4v) is 4.80. The molecule has 1 amide bonds. The predicted octanol–water partition coefficient (Wildman–Crippen LogP) is 5.49. The van der Waals surface area contributed by atoms with Crippen molar-refractivity contribution in [3.05, 3.63) is 78.4 Å². The first-order valence-corrected chi connectivity index (χ1v) is 11.3. The van der Waals surface area contributed by atoms with Crippen LogP contribution in [0.5, 0.6) is 0 Å².